The Balaban J connectivity index is 1.70. The number of carbonyl (C=O) groups is 1. The SMILES string of the molecule is C=C1C(=O)OC2c3c(C)c(OCc4c(F)cccc4F)cc(C)c3CC[C@@H]12. The fourth-order valence-corrected chi connectivity index (χ4v) is 4.14. The average Bonchev–Trinajstić information content (AvgIpc) is 2.92. The maximum absolute atomic E-state index is 13.9. The summed E-state index contributed by atoms with van der Waals surface area (Å²) in [7, 11) is 0. The van der Waals surface area contributed by atoms with Gasteiger partial charge >= 0.3 is 5.97 Å². The van der Waals surface area contributed by atoms with Crippen LogP contribution in [0.25, 0.3) is 0 Å². The van der Waals surface area contributed by atoms with E-state index >= 15 is 0 Å². The molecule has 4 rings (SSSR count). The van der Waals surface area contributed by atoms with E-state index in [1.165, 1.54) is 18.2 Å². The van der Waals surface area contributed by atoms with Crippen molar-refractivity contribution in [1.82, 2.24) is 0 Å². The fraction of sp³-hybridized carbons (Fsp3) is 0.318. The topological polar surface area (TPSA) is 35.5 Å². The molecule has 2 atom stereocenters. The van der Waals surface area contributed by atoms with Crippen molar-refractivity contribution < 1.29 is 23.0 Å². The number of ether oxygens (including phenoxy) is 2. The number of hydrogen-bond acceptors (Lipinski definition) is 3. The third kappa shape index (κ3) is 2.82. The molecule has 2 aromatic rings. The van der Waals surface area contributed by atoms with E-state index in [0.717, 1.165) is 35.1 Å². The van der Waals surface area contributed by atoms with Crippen molar-refractivity contribution in [3.05, 3.63) is 75.9 Å². The van der Waals surface area contributed by atoms with Gasteiger partial charge in [-0.05, 0) is 61.6 Å². The Morgan fingerprint density at radius 1 is 1.26 bits per heavy atom. The van der Waals surface area contributed by atoms with E-state index in [0.29, 0.717) is 11.3 Å². The second-order valence-electron chi connectivity index (χ2n) is 7.19. The van der Waals surface area contributed by atoms with Gasteiger partial charge in [-0.1, -0.05) is 12.6 Å². The largest absolute Gasteiger partial charge is 0.488 e. The summed E-state index contributed by atoms with van der Waals surface area (Å²) in [5.41, 5.74) is 4.37. The first kappa shape index (κ1) is 17.7. The number of aryl methyl sites for hydroxylation is 1. The first-order valence-corrected chi connectivity index (χ1v) is 8.97. The minimum atomic E-state index is -0.636. The van der Waals surface area contributed by atoms with E-state index in [-0.39, 0.29) is 30.2 Å². The number of benzene rings is 2. The summed E-state index contributed by atoms with van der Waals surface area (Å²) in [5.74, 6) is -1.10. The molecule has 27 heavy (non-hydrogen) atoms. The molecular weight excluding hydrogens is 350 g/mol. The molecule has 2 aromatic carbocycles. The first-order valence-electron chi connectivity index (χ1n) is 8.97. The second kappa shape index (κ2) is 6.48. The second-order valence-corrected chi connectivity index (χ2v) is 7.19. The molecule has 0 saturated carbocycles. The Kier molecular flexibility index (Phi) is 4.25. The fourth-order valence-electron chi connectivity index (χ4n) is 4.14. The molecular formula is C22H20F2O3. The summed E-state index contributed by atoms with van der Waals surface area (Å²) < 4.78 is 39.1. The maximum atomic E-state index is 13.9. The summed E-state index contributed by atoms with van der Waals surface area (Å²) in [6.07, 6.45) is 1.30. The number of esters is 1. The van der Waals surface area contributed by atoms with Gasteiger partial charge in [0.2, 0.25) is 0 Å². The number of carbonyl (C=O) groups excluding carboxylic acids is 1. The van der Waals surface area contributed by atoms with Gasteiger partial charge < -0.3 is 9.47 Å². The lowest BCUT2D eigenvalue weighted by molar-refractivity contribution is -0.139. The van der Waals surface area contributed by atoms with E-state index in [1.807, 2.05) is 19.9 Å². The molecule has 1 aliphatic heterocycles. The van der Waals surface area contributed by atoms with Crippen LogP contribution in [0.2, 0.25) is 0 Å². The van der Waals surface area contributed by atoms with Crippen LogP contribution < -0.4 is 4.74 Å². The molecule has 1 unspecified atom stereocenters. The van der Waals surface area contributed by atoms with Gasteiger partial charge in [0, 0.05) is 17.1 Å². The normalized spacial score (nSPS) is 20.9. The van der Waals surface area contributed by atoms with Crippen molar-refractivity contribution in [3.8, 4) is 5.75 Å². The molecule has 0 amide bonds. The molecule has 0 aromatic heterocycles. The van der Waals surface area contributed by atoms with Gasteiger partial charge in [0.25, 0.3) is 0 Å². The predicted octanol–water partition coefficient (Wildman–Crippen LogP) is 4.88. The highest BCUT2D eigenvalue weighted by Gasteiger charge is 2.44. The molecule has 0 N–H and O–H groups in total. The molecule has 0 spiro atoms. The monoisotopic (exact) mass is 370 g/mol. The van der Waals surface area contributed by atoms with Gasteiger partial charge in [-0.25, -0.2) is 13.6 Å². The molecule has 1 saturated heterocycles. The molecule has 140 valence electrons. The molecule has 0 radical (unpaired) electrons. The molecule has 1 aliphatic carbocycles. The highest BCUT2D eigenvalue weighted by molar-refractivity contribution is 5.91. The lowest BCUT2D eigenvalue weighted by atomic mass is 9.76. The van der Waals surface area contributed by atoms with Crippen molar-refractivity contribution in [2.75, 3.05) is 0 Å². The lowest BCUT2D eigenvalue weighted by Gasteiger charge is -2.30. The van der Waals surface area contributed by atoms with Crippen LogP contribution in [0.4, 0.5) is 8.78 Å². The quantitative estimate of drug-likeness (QED) is 0.571. The number of hydrogen-bond donors (Lipinski definition) is 0. The first-order chi connectivity index (χ1) is 12.9. The zero-order chi connectivity index (χ0) is 19.3. The average molecular weight is 370 g/mol. The highest BCUT2D eigenvalue weighted by Crippen LogP contribution is 2.49. The Morgan fingerprint density at radius 3 is 2.67 bits per heavy atom. The Hall–Kier alpha value is -2.69. The third-order valence-electron chi connectivity index (χ3n) is 5.66. The van der Waals surface area contributed by atoms with E-state index in [1.54, 1.807) is 0 Å². The van der Waals surface area contributed by atoms with Gasteiger partial charge in [0.1, 0.15) is 30.1 Å². The molecule has 5 heteroatoms. The summed E-state index contributed by atoms with van der Waals surface area (Å²) in [5, 5.41) is 0. The van der Waals surface area contributed by atoms with E-state index in [4.69, 9.17) is 9.47 Å². The van der Waals surface area contributed by atoms with Crippen molar-refractivity contribution in [1.29, 1.82) is 0 Å². The van der Waals surface area contributed by atoms with Crippen LogP contribution in [0.3, 0.4) is 0 Å². The Labute approximate surface area is 156 Å². The third-order valence-corrected chi connectivity index (χ3v) is 5.66. The standard InChI is InChI=1S/C22H20F2O3/c1-11-9-19(26-10-16-17(23)5-4-6-18(16)24)13(3)20-14(11)7-8-15-12(2)22(25)27-21(15)20/h4-6,9,15,21H,2,7-8,10H2,1,3H3/t15-,21?/m0/s1. The van der Waals surface area contributed by atoms with E-state index in [9.17, 15) is 13.6 Å². The van der Waals surface area contributed by atoms with Crippen molar-refractivity contribution in [2.24, 2.45) is 5.92 Å². The molecule has 1 fully saturated rings. The van der Waals surface area contributed by atoms with Gasteiger partial charge in [0.05, 0.1) is 5.56 Å². The maximum Gasteiger partial charge on any atom is 0.334 e. The van der Waals surface area contributed by atoms with Gasteiger partial charge in [-0.3, -0.25) is 0 Å². The number of halogens is 2. The van der Waals surface area contributed by atoms with Crippen LogP contribution in [0, 0.1) is 31.4 Å². The van der Waals surface area contributed by atoms with Crippen LogP contribution in [0.15, 0.2) is 36.4 Å². The predicted molar refractivity (Wildman–Crippen MR) is 96.4 cm³/mol. The van der Waals surface area contributed by atoms with Crippen molar-refractivity contribution in [3.63, 3.8) is 0 Å². The van der Waals surface area contributed by atoms with Crippen molar-refractivity contribution >= 4 is 5.97 Å². The Morgan fingerprint density at radius 2 is 1.96 bits per heavy atom. The van der Waals surface area contributed by atoms with Crippen LogP contribution in [-0.4, -0.2) is 5.97 Å². The zero-order valence-corrected chi connectivity index (χ0v) is 15.3. The van der Waals surface area contributed by atoms with Crippen molar-refractivity contribution in [2.45, 2.75) is 39.4 Å². The molecule has 2 aliphatic rings. The highest BCUT2D eigenvalue weighted by atomic mass is 19.1. The zero-order valence-electron chi connectivity index (χ0n) is 15.3. The minimum Gasteiger partial charge on any atom is -0.488 e. The summed E-state index contributed by atoms with van der Waals surface area (Å²) in [4.78, 5) is 12.0. The summed E-state index contributed by atoms with van der Waals surface area (Å²) >= 11 is 0. The molecule has 0 bridgehead atoms. The van der Waals surface area contributed by atoms with Gasteiger partial charge in [-0.2, -0.15) is 0 Å². The van der Waals surface area contributed by atoms with Crippen LogP contribution in [0.5, 0.6) is 5.75 Å². The Bertz CT molecular complexity index is 944. The summed E-state index contributed by atoms with van der Waals surface area (Å²) in [6.45, 7) is 7.53. The summed E-state index contributed by atoms with van der Waals surface area (Å²) in [6, 6.07) is 5.63. The van der Waals surface area contributed by atoms with E-state index < -0.39 is 11.6 Å². The lowest BCUT2D eigenvalue weighted by Crippen LogP contribution is -2.20. The van der Waals surface area contributed by atoms with Gasteiger partial charge in [-0.15, -0.1) is 0 Å². The number of rotatable bonds is 3. The van der Waals surface area contributed by atoms with Crippen LogP contribution in [-0.2, 0) is 22.6 Å². The minimum absolute atomic E-state index is 0.0256. The van der Waals surface area contributed by atoms with Crippen LogP contribution >= 0.6 is 0 Å². The number of fused-ring (bicyclic) bond motifs is 3. The van der Waals surface area contributed by atoms with E-state index in [2.05, 4.69) is 6.58 Å². The van der Waals surface area contributed by atoms with Crippen LogP contribution in [0.1, 0.15) is 40.3 Å². The molecule has 1 heterocycles. The smallest absolute Gasteiger partial charge is 0.334 e. The molecule has 3 nitrogen and oxygen atoms in total. The van der Waals surface area contributed by atoms with Gasteiger partial charge in [0.15, 0.2) is 0 Å².